The van der Waals surface area contributed by atoms with Gasteiger partial charge in [0.15, 0.2) is 5.96 Å². The van der Waals surface area contributed by atoms with Gasteiger partial charge in [-0.05, 0) is 42.7 Å². The van der Waals surface area contributed by atoms with Crippen molar-refractivity contribution in [1.29, 1.82) is 0 Å². The summed E-state index contributed by atoms with van der Waals surface area (Å²) in [5, 5.41) is 8.16. The number of carbonyl (C=O) groups is 4. The van der Waals surface area contributed by atoms with Crippen LogP contribution in [-0.4, -0.2) is 60.3 Å². The molecule has 0 aliphatic rings. The third kappa shape index (κ3) is 12.4. The van der Waals surface area contributed by atoms with Gasteiger partial charge in [0, 0.05) is 13.0 Å². The first-order chi connectivity index (χ1) is 20.0. The van der Waals surface area contributed by atoms with E-state index in [2.05, 4.69) is 20.9 Å². The van der Waals surface area contributed by atoms with Crippen LogP contribution in [-0.2, 0) is 32.0 Å². The Morgan fingerprint density at radius 2 is 1.21 bits per heavy atom. The number of hydrogen-bond donors (Lipinski definition) is 7. The third-order valence-electron chi connectivity index (χ3n) is 6.50. The number of carbonyl (C=O) groups excluding carboxylic acids is 4. The van der Waals surface area contributed by atoms with Gasteiger partial charge in [-0.2, -0.15) is 0 Å². The Morgan fingerprint density at radius 3 is 1.74 bits per heavy atom. The van der Waals surface area contributed by atoms with Crippen LogP contribution in [0.25, 0.3) is 0 Å². The molecule has 42 heavy (non-hydrogen) atoms. The smallest absolute Gasteiger partial charge is 0.243 e. The Morgan fingerprint density at radius 1 is 0.714 bits per heavy atom. The minimum absolute atomic E-state index is 0.0469. The van der Waals surface area contributed by atoms with E-state index in [1.807, 2.05) is 74.5 Å². The topological polar surface area (TPSA) is 221 Å². The molecule has 12 nitrogen and oxygen atoms in total. The molecule has 2 aromatic rings. The number of nitrogens with two attached hydrogens (primary N) is 4. The molecule has 2 aromatic carbocycles. The van der Waals surface area contributed by atoms with Crippen molar-refractivity contribution < 1.29 is 19.2 Å². The predicted molar refractivity (Wildman–Crippen MR) is 163 cm³/mol. The Bertz CT molecular complexity index is 1190. The molecule has 228 valence electrons. The van der Waals surface area contributed by atoms with E-state index in [0.29, 0.717) is 19.3 Å². The second-order valence-corrected chi connectivity index (χ2v) is 10.7. The minimum Gasteiger partial charge on any atom is -0.370 e. The fraction of sp³-hybridized carbons (Fsp3) is 0.433. The highest BCUT2D eigenvalue weighted by molar-refractivity contribution is 5.94. The molecule has 0 aliphatic heterocycles. The fourth-order valence-electron chi connectivity index (χ4n) is 4.33. The summed E-state index contributed by atoms with van der Waals surface area (Å²) < 4.78 is 0. The van der Waals surface area contributed by atoms with Gasteiger partial charge in [0.05, 0.1) is 6.04 Å². The number of hydrogen-bond acceptors (Lipinski definition) is 6. The van der Waals surface area contributed by atoms with Crippen LogP contribution in [0.5, 0.6) is 0 Å². The lowest BCUT2D eigenvalue weighted by molar-refractivity contribution is -0.133. The van der Waals surface area contributed by atoms with Crippen LogP contribution in [0.4, 0.5) is 0 Å². The molecule has 4 amide bonds. The predicted octanol–water partition coefficient (Wildman–Crippen LogP) is -0.161. The Kier molecular flexibility index (Phi) is 14.0. The monoisotopic (exact) mass is 580 g/mol. The maximum atomic E-state index is 13.5. The van der Waals surface area contributed by atoms with Gasteiger partial charge in [-0.1, -0.05) is 74.5 Å². The van der Waals surface area contributed by atoms with Crippen molar-refractivity contribution in [3.05, 3.63) is 71.8 Å². The van der Waals surface area contributed by atoms with E-state index in [9.17, 15) is 19.2 Å². The number of nitrogens with zero attached hydrogens (tertiary/aromatic N) is 1. The van der Waals surface area contributed by atoms with E-state index in [0.717, 1.165) is 11.1 Å². The van der Waals surface area contributed by atoms with Gasteiger partial charge in [0.1, 0.15) is 18.1 Å². The first-order valence-corrected chi connectivity index (χ1v) is 14.1. The average molecular weight is 581 g/mol. The zero-order chi connectivity index (χ0) is 31.1. The molecule has 0 aliphatic carbocycles. The van der Waals surface area contributed by atoms with Crippen molar-refractivity contribution >= 4 is 29.6 Å². The zero-order valence-corrected chi connectivity index (χ0v) is 24.3. The Balaban J connectivity index is 2.16. The van der Waals surface area contributed by atoms with Crippen molar-refractivity contribution in [2.24, 2.45) is 33.8 Å². The zero-order valence-electron chi connectivity index (χ0n) is 24.3. The lowest BCUT2D eigenvalue weighted by Crippen LogP contribution is -2.58. The summed E-state index contributed by atoms with van der Waals surface area (Å²) in [5.41, 5.74) is 24.2. The van der Waals surface area contributed by atoms with E-state index >= 15 is 0 Å². The summed E-state index contributed by atoms with van der Waals surface area (Å²) in [7, 11) is 0. The molecule has 0 saturated heterocycles. The van der Waals surface area contributed by atoms with Crippen molar-refractivity contribution in [2.75, 3.05) is 6.54 Å². The van der Waals surface area contributed by atoms with Crippen molar-refractivity contribution in [2.45, 2.75) is 70.1 Å². The Labute approximate surface area is 247 Å². The highest BCUT2D eigenvalue weighted by Gasteiger charge is 2.30. The highest BCUT2D eigenvalue weighted by atomic mass is 16.2. The minimum atomic E-state index is -1.05. The van der Waals surface area contributed by atoms with Crippen LogP contribution in [0.3, 0.4) is 0 Å². The van der Waals surface area contributed by atoms with Gasteiger partial charge in [0.2, 0.25) is 23.6 Å². The van der Waals surface area contributed by atoms with Gasteiger partial charge in [-0.3, -0.25) is 24.2 Å². The summed E-state index contributed by atoms with van der Waals surface area (Å²) in [6, 6.07) is 14.6. The molecule has 0 saturated carbocycles. The molecule has 0 spiro atoms. The van der Waals surface area contributed by atoms with Gasteiger partial charge in [-0.15, -0.1) is 0 Å². The summed E-state index contributed by atoms with van der Waals surface area (Å²) in [6.45, 7) is 4.05. The van der Waals surface area contributed by atoms with E-state index in [1.54, 1.807) is 0 Å². The van der Waals surface area contributed by atoms with Crippen LogP contribution in [0.1, 0.15) is 44.2 Å². The summed E-state index contributed by atoms with van der Waals surface area (Å²) in [5.74, 6) is -2.39. The number of guanidine groups is 1. The van der Waals surface area contributed by atoms with Crippen LogP contribution in [0.2, 0.25) is 0 Å². The number of primary amides is 1. The van der Waals surface area contributed by atoms with Crippen LogP contribution >= 0.6 is 0 Å². The standard InChI is InChI=1S/C30H44N8O4/c1-19(2)16-25(38-27(40)22(31)17-20-10-5-3-6-11-20)29(42)36-23(14-9-15-35-30(33)34)28(41)37-24(26(32)39)18-21-12-7-4-8-13-21/h3-8,10-13,19,22-25H,9,14-18,31H2,1-2H3,(H2,32,39)(H,36,42)(H,37,41)(H,38,40)(H4,33,34,35)/t22-,23+,24-,25+/m1/s1. The van der Waals surface area contributed by atoms with E-state index in [-0.39, 0.29) is 31.3 Å². The summed E-state index contributed by atoms with van der Waals surface area (Å²) in [6.07, 6.45) is 1.33. The molecular weight excluding hydrogens is 536 g/mol. The fourth-order valence-corrected chi connectivity index (χ4v) is 4.33. The van der Waals surface area contributed by atoms with Gasteiger partial charge >= 0.3 is 0 Å². The van der Waals surface area contributed by atoms with E-state index in [4.69, 9.17) is 22.9 Å². The molecule has 0 radical (unpaired) electrons. The van der Waals surface area contributed by atoms with Crippen molar-refractivity contribution in [3.8, 4) is 0 Å². The van der Waals surface area contributed by atoms with Crippen molar-refractivity contribution in [1.82, 2.24) is 16.0 Å². The Hall–Kier alpha value is -4.45. The number of rotatable bonds is 17. The van der Waals surface area contributed by atoms with Crippen LogP contribution in [0, 0.1) is 5.92 Å². The van der Waals surface area contributed by atoms with Gasteiger partial charge in [0.25, 0.3) is 0 Å². The normalized spacial score (nSPS) is 13.7. The number of nitrogens with one attached hydrogen (secondary N) is 3. The number of aliphatic imine (C=N–C) groups is 1. The maximum absolute atomic E-state index is 13.5. The lowest BCUT2D eigenvalue weighted by Gasteiger charge is -2.26. The molecule has 0 heterocycles. The lowest BCUT2D eigenvalue weighted by atomic mass is 10.0. The first-order valence-electron chi connectivity index (χ1n) is 14.1. The molecule has 0 aromatic heterocycles. The van der Waals surface area contributed by atoms with Crippen LogP contribution in [0.15, 0.2) is 65.7 Å². The molecule has 0 bridgehead atoms. The van der Waals surface area contributed by atoms with E-state index in [1.165, 1.54) is 0 Å². The summed E-state index contributed by atoms with van der Waals surface area (Å²) in [4.78, 5) is 55.9. The number of benzene rings is 2. The summed E-state index contributed by atoms with van der Waals surface area (Å²) >= 11 is 0. The van der Waals surface area contributed by atoms with Crippen molar-refractivity contribution in [3.63, 3.8) is 0 Å². The molecular formula is C30H44N8O4. The molecule has 0 fully saturated rings. The highest BCUT2D eigenvalue weighted by Crippen LogP contribution is 2.10. The maximum Gasteiger partial charge on any atom is 0.243 e. The quantitative estimate of drug-likeness (QED) is 0.0760. The number of amides is 4. The third-order valence-corrected chi connectivity index (χ3v) is 6.50. The SMILES string of the molecule is CC(C)C[C@H](NC(=O)[C@H](N)Cc1ccccc1)C(=O)N[C@@H](CCCN=C(N)N)C(=O)N[C@H](Cc1ccccc1)C(N)=O. The molecule has 4 atom stereocenters. The largest absolute Gasteiger partial charge is 0.370 e. The molecule has 0 unspecified atom stereocenters. The van der Waals surface area contributed by atoms with Gasteiger partial charge < -0.3 is 38.9 Å². The van der Waals surface area contributed by atoms with Crippen LogP contribution < -0.4 is 38.9 Å². The second-order valence-electron chi connectivity index (χ2n) is 10.7. The van der Waals surface area contributed by atoms with Gasteiger partial charge in [-0.25, -0.2) is 0 Å². The molecule has 11 N–H and O–H groups in total. The molecule has 2 rings (SSSR count). The first kappa shape index (κ1) is 33.8. The van der Waals surface area contributed by atoms with E-state index < -0.39 is 47.8 Å². The average Bonchev–Trinajstić information content (AvgIpc) is 2.94. The molecule has 12 heteroatoms. The second kappa shape index (κ2) is 17.4.